The topological polar surface area (TPSA) is 175 Å². The maximum atomic E-state index is 16.2. The molecule has 4 N–H and O–H groups in total. The van der Waals surface area contributed by atoms with Gasteiger partial charge in [-0.25, -0.2) is 23.9 Å². The van der Waals surface area contributed by atoms with Crippen LogP contribution < -0.4 is 10.6 Å². The van der Waals surface area contributed by atoms with Crippen molar-refractivity contribution in [3.05, 3.63) is 119 Å². The van der Waals surface area contributed by atoms with E-state index in [0.29, 0.717) is 65.7 Å². The van der Waals surface area contributed by atoms with Crippen LogP contribution in [0.2, 0.25) is 0 Å². The average molecular weight is 839 g/mol. The Morgan fingerprint density at radius 2 is 1.35 bits per heavy atom. The molecule has 0 bridgehead atoms. The summed E-state index contributed by atoms with van der Waals surface area (Å²) in [4.78, 5) is 70.9. The highest BCUT2D eigenvalue weighted by Crippen LogP contribution is 2.36. The summed E-state index contributed by atoms with van der Waals surface area (Å²) in [6.45, 7) is 4.70. The SMILES string of the molecule is COC(=O)N[C@H](C(=O)N1CCC[C@H]1c1ncc(-c2cc(F)c(C#CC#Cc3cnc([C@@H]4CCCN4C(=O)[C@H](NC(=O)OC)c4ccccc4)[nH]3)c(-c3ccccc3)c2)[nH]1)C(C)C. The summed E-state index contributed by atoms with van der Waals surface area (Å²) in [7, 11) is 2.51. The van der Waals surface area contributed by atoms with Gasteiger partial charge in [0, 0.05) is 24.2 Å². The normalized spacial score (nSPS) is 16.7. The van der Waals surface area contributed by atoms with Gasteiger partial charge >= 0.3 is 12.2 Å². The van der Waals surface area contributed by atoms with Crippen molar-refractivity contribution in [1.82, 2.24) is 40.4 Å². The van der Waals surface area contributed by atoms with Crippen LogP contribution in [0.15, 0.2) is 85.2 Å². The zero-order valence-corrected chi connectivity index (χ0v) is 34.8. The first kappa shape index (κ1) is 42.7. The molecule has 0 radical (unpaired) electrons. The number of aromatic amines is 2. The number of methoxy groups -OCH3 is 2. The number of imidazole rings is 2. The Morgan fingerprint density at radius 3 is 2.02 bits per heavy atom. The summed E-state index contributed by atoms with van der Waals surface area (Å²) in [6, 6.07) is 19.1. The lowest BCUT2D eigenvalue weighted by atomic mass is 9.96. The fourth-order valence-corrected chi connectivity index (χ4v) is 7.93. The van der Waals surface area contributed by atoms with Gasteiger partial charge in [-0.3, -0.25) is 9.59 Å². The van der Waals surface area contributed by atoms with Gasteiger partial charge in [0.25, 0.3) is 5.91 Å². The molecule has 14 nitrogen and oxygen atoms in total. The maximum absolute atomic E-state index is 16.2. The highest BCUT2D eigenvalue weighted by atomic mass is 19.1. The molecular formula is C47H47FN8O6. The highest BCUT2D eigenvalue weighted by Gasteiger charge is 2.39. The summed E-state index contributed by atoms with van der Waals surface area (Å²) in [5.41, 5.74) is 3.68. The van der Waals surface area contributed by atoms with Crippen molar-refractivity contribution in [2.45, 2.75) is 63.7 Å². The van der Waals surface area contributed by atoms with E-state index < -0.39 is 30.1 Å². The largest absolute Gasteiger partial charge is 0.453 e. The molecule has 4 amide bonds. The number of benzene rings is 3. The molecule has 4 heterocycles. The summed E-state index contributed by atoms with van der Waals surface area (Å²) in [6.07, 6.45) is 4.64. The molecule has 2 aliphatic rings. The number of ether oxygens (including phenoxy) is 2. The second-order valence-electron chi connectivity index (χ2n) is 15.3. The Bertz CT molecular complexity index is 2550. The third-order valence-electron chi connectivity index (χ3n) is 11.0. The number of likely N-dealkylation sites (tertiary alicyclic amines) is 2. The Balaban J connectivity index is 1.10. The van der Waals surface area contributed by atoms with E-state index in [4.69, 9.17) is 9.47 Å². The molecule has 0 saturated carbocycles. The van der Waals surface area contributed by atoms with Crippen LogP contribution in [0.3, 0.4) is 0 Å². The number of amides is 4. The lowest BCUT2D eigenvalue weighted by Gasteiger charge is -2.30. The minimum atomic E-state index is -0.942. The molecule has 5 aromatic rings. The van der Waals surface area contributed by atoms with Gasteiger partial charge in [-0.05, 0) is 78.5 Å². The van der Waals surface area contributed by atoms with E-state index in [1.54, 1.807) is 46.5 Å². The fourth-order valence-electron chi connectivity index (χ4n) is 7.93. The number of hydrogen-bond donors (Lipinski definition) is 4. The minimum Gasteiger partial charge on any atom is -0.453 e. The minimum absolute atomic E-state index is 0.165. The van der Waals surface area contributed by atoms with Gasteiger partial charge in [0.2, 0.25) is 5.91 Å². The van der Waals surface area contributed by atoms with Gasteiger partial charge in [0.05, 0.1) is 50.0 Å². The first-order valence-electron chi connectivity index (χ1n) is 20.4. The number of aromatic nitrogens is 4. The van der Waals surface area contributed by atoms with Crippen LogP contribution in [-0.4, -0.2) is 87.1 Å². The average Bonchev–Trinajstić information content (AvgIpc) is 4.14. The van der Waals surface area contributed by atoms with Crippen molar-refractivity contribution in [2.75, 3.05) is 27.3 Å². The van der Waals surface area contributed by atoms with Gasteiger partial charge in [0.1, 0.15) is 35.2 Å². The number of hydrogen-bond acceptors (Lipinski definition) is 8. The van der Waals surface area contributed by atoms with E-state index in [9.17, 15) is 19.2 Å². The van der Waals surface area contributed by atoms with E-state index in [1.165, 1.54) is 20.3 Å². The number of rotatable bonds is 10. The molecule has 7 rings (SSSR count). The highest BCUT2D eigenvalue weighted by molar-refractivity contribution is 5.88. The molecule has 15 heteroatoms. The quantitative estimate of drug-likeness (QED) is 0.111. The Morgan fingerprint density at radius 1 is 0.758 bits per heavy atom. The molecule has 0 unspecified atom stereocenters. The van der Waals surface area contributed by atoms with Crippen molar-refractivity contribution in [3.8, 4) is 46.1 Å². The van der Waals surface area contributed by atoms with Crippen LogP contribution in [0, 0.1) is 35.4 Å². The number of nitrogens with zero attached hydrogens (tertiary/aromatic N) is 4. The molecule has 2 aliphatic heterocycles. The third-order valence-corrected chi connectivity index (χ3v) is 11.0. The van der Waals surface area contributed by atoms with Gasteiger partial charge in [-0.15, -0.1) is 0 Å². The van der Waals surface area contributed by atoms with Gasteiger partial charge in [-0.1, -0.05) is 74.5 Å². The molecule has 3 aromatic carbocycles. The van der Waals surface area contributed by atoms with E-state index in [-0.39, 0.29) is 35.4 Å². The second kappa shape index (κ2) is 19.3. The zero-order chi connectivity index (χ0) is 43.8. The number of carbonyl (C=O) groups is 4. The molecule has 62 heavy (non-hydrogen) atoms. The van der Waals surface area contributed by atoms with E-state index in [0.717, 1.165) is 18.4 Å². The molecule has 2 saturated heterocycles. The number of halogens is 1. The van der Waals surface area contributed by atoms with Crippen molar-refractivity contribution < 1.29 is 33.0 Å². The Labute approximate surface area is 359 Å². The number of nitrogens with one attached hydrogen (secondary N) is 4. The van der Waals surface area contributed by atoms with E-state index in [2.05, 4.69) is 54.3 Å². The summed E-state index contributed by atoms with van der Waals surface area (Å²) in [5, 5.41) is 5.33. The molecule has 318 valence electrons. The van der Waals surface area contributed by atoms with Crippen LogP contribution in [-0.2, 0) is 19.1 Å². The van der Waals surface area contributed by atoms with Gasteiger partial charge < -0.3 is 39.9 Å². The predicted octanol–water partition coefficient (Wildman–Crippen LogP) is 6.81. The second-order valence-corrected chi connectivity index (χ2v) is 15.3. The van der Waals surface area contributed by atoms with Crippen LogP contribution in [0.25, 0.3) is 22.4 Å². The molecule has 0 spiro atoms. The van der Waals surface area contributed by atoms with Gasteiger partial charge in [0.15, 0.2) is 0 Å². The van der Waals surface area contributed by atoms with Crippen molar-refractivity contribution in [3.63, 3.8) is 0 Å². The summed E-state index contributed by atoms with van der Waals surface area (Å²) >= 11 is 0. The smallest absolute Gasteiger partial charge is 0.407 e. The molecular weight excluding hydrogens is 792 g/mol. The van der Waals surface area contributed by atoms with Gasteiger partial charge in [-0.2, -0.15) is 0 Å². The van der Waals surface area contributed by atoms with Crippen LogP contribution >= 0.6 is 0 Å². The molecule has 2 aromatic heterocycles. The maximum Gasteiger partial charge on any atom is 0.407 e. The molecule has 2 fully saturated rings. The van der Waals surface area contributed by atoms with Crippen molar-refractivity contribution in [1.29, 1.82) is 0 Å². The number of carbonyl (C=O) groups excluding carboxylic acids is 4. The van der Waals surface area contributed by atoms with Crippen LogP contribution in [0.5, 0.6) is 0 Å². The van der Waals surface area contributed by atoms with E-state index >= 15 is 4.39 Å². The zero-order valence-electron chi connectivity index (χ0n) is 34.8. The summed E-state index contributed by atoms with van der Waals surface area (Å²) < 4.78 is 25.7. The monoisotopic (exact) mass is 838 g/mol. The van der Waals surface area contributed by atoms with E-state index in [1.807, 2.05) is 56.3 Å². The summed E-state index contributed by atoms with van der Waals surface area (Å²) in [5.74, 6) is 11.4. The molecule has 0 aliphatic carbocycles. The number of alkyl carbamates (subject to hydrolysis) is 2. The fraction of sp³-hybridized carbons (Fsp3) is 0.319. The predicted molar refractivity (Wildman–Crippen MR) is 228 cm³/mol. The van der Waals surface area contributed by atoms with Crippen LogP contribution in [0.1, 0.15) is 86.1 Å². The Hall–Kier alpha value is -7.39. The number of H-pyrrole nitrogens is 2. The van der Waals surface area contributed by atoms with Crippen molar-refractivity contribution >= 4 is 24.0 Å². The molecule has 4 atom stereocenters. The third kappa shape index (κ3) is 9.48. The first-order valence-corrected chi connectivity index (χ1v) is 20.4. The standard InChI is InChI=1S/C47H47FN8O6/c1-29(2)40(53-46(59)61-3)44(57)55-23-14-22-39(55)43-50-28-37(52-43)32-25-35(30-15-7-5-8-16-30)34(36(48)26-32)20-12-11-19-33-27-49-42(51-33)38-21-13-24-56(38)45(58)41(54-47(60)62-4)31-17-9-6-10-18-31/h5-10,15-18,25-29,38-41H,13-14,21-24H2,1-4H3,(H,49,51)(H,50,52)(H,53,59)(H,54,60)/t38-,39-,40-,41+/m0/s1. The lowest BCUT2D eigenvalue weighted by Crippen LogP contribution is -2.51. The van der Waals surface area contributed by atoms with Crippen LogP contribution in [0.4, 0.5) is 14.0 Å². The Kier molecular flexibility index (Phi) is 13.3. The first-order chi connectivity index (χ1) is 30.1. The van der Waals surface area contributed by atoms with Crippen molar-refractivity contribution in [2.24, 2.45) is 5.92 Å². The lowest BCUT2D eigenvalue weighted by molar-refractivity contribution is -0.135.